The zero-order valence-electron chi connectivity index (χ0n) is 9.10. The molecule has 1 aromatic rings. The van der Waals surface area contributed by atoms with E-state index in [9.17, 15) is 9.90 Å². The molecule has 0 aromatic carbocycles. The second-order valence-electron chi connectivity index (χ2n) is 4.09. The van der Waals surface area contributed by atoms with Crippen LogP contribution < -0.4 is 4.90 Å². The van der Waals surface area contributed by atoms with Crippen LogP contribution in [0.2, 0.25) is 10.3 Å². The van der Waals surface area contributed by atoms with Gasteiger partial charge in [-0.15, -0.1) is 10.2 Å². The Morgan fingerprint density at radius 1 is 1.53 bits per heavy atom. The van der Waals surface area contributed by atoms with Crippen molar-refractivity contribution in [3.63, 3.8) is 0 Å². The third-order valence-corrected chi connectivity index (χ3v) is 3.42. The molecule has 2 heterocycles. The van der Waals surface area contributed by atoms with Crippen LogP contribution in [0.1, 0.15) is 13.3 Å². The largest absolute Gasteiger partial charge is 0.480 e. The van der Waals surface area contributed by atoms with Gasteiger partial charge in [0.15, 0.2) is 10.3 Å². The third kappa shape index (κ3) is 2.30. The van der Waals surface area contributed by atoms with Gasteiger partial charge in [-0.2, -0.15) is 0 Å². The van der Waals surface area contributed by atoms with Crippen LogP contribution in [0.5, 0.6) is 0 Å². The van der Waals surface area contributed by atoms with E-state index in [1.165, 1.54) is 0 Å². The van der Waals surface area contributed by atoms with Crippen LogP contribution in [0, 0.1) is 5.92 Å². The van der Waals surface area contributed by atoms with Gasteiger partial charge in [-0.1, -0.05) is 30.1 Å². The van der Waals surface area contributed by atoms with Gasteiger partial charge >= 0.3 is 5.97 Å². The van der Waals surface area contributed by atoms with E-state index < -0.39 is 12.0 Å². The first-order valence-corrected chi connectivity index (χ1v) is 5.94. The molecule has 1 aliphatic rings. The zero-order valence-corrected chi connectivity index (χ0v) is 10.6. The Morgan fingerprint density at radius 3 is 2.88 bits per heavy atom. The van der Waals surface area contributed by atoms with Gasteiger partial charge in [0.25, 0.3) is 0 Å². The van der Waals surface area contributed by atoms with E-state index in [2.05, 4.69) is 10.2 Å². The summed E-state index contributed by atoms with van der Waals surface area (Å²) >= 11 is 11.7. The quantitative estimate of drug-likeness (QED) is 0.895. The Kier molecular flexibility index (Phi) is 3.40. The van der Waals surface area contributed by atoms with Gasteiger partial charge in [-0.3, -0.25) is 0 Å². The van der Waals surface area contributed by atoms with E-state index in [0.29, 0.717) is 12.2 Å². The Labute approximate surface area is 108 Å². The van der Waals surface area contributed by atoms with Crippen LogP contribution in [0.25, 0.3) is 0 Å². The van der Waals surface area contributed by atoms with Crippen LogP contribution in [-0.4, -0.2) is 33.9 Å². The highest BCUT2D eigenvalue weighted by Crippen LogP contribution is 2.34. The molecule has 1 aromatic heterocycles. The van der Waals surface area contributed by atoms with Crippen molar-refractivity contribution in [2.75, 3.05) is 11.4 Å². The summed E-state index contributed by atoms with van der Waals surface area (Å²) in [6, 6.07) is 0.956. The molecule has 1 N–H and O–H groups in total. The minimum Gasteiger partial charge on any atom is -0.480 e. The molecule has 0 aliphatic carbocycles. The van der Waals surface area contributed by atoms with Crippen molar-refractivity contribution in [3.05, 3.63) is 16.4 Å². The summed E-state index contributed by atoms with van der Waals surface area (Å²) in [5.74, 6) is -0.797. The number of hydrogen-bond acceptors (Lipinski definition) is 4. The van der Waals surface area contributed by atoms with E-state index in [1.807, 2.05) is 6.92 Å². The minimum absolute atomic E-state index is 0.0653. The summed E-state index contributed by atoms with van der Waals surface area (Å²) in [4.78, 5) is 13.0. The van der Waals surface area contributed by atoms with Crippen molar-refractivity contribution in [2.45, 2.75) is 19.4 Å². The third-order valence-electron chi connectivity index (χ3n) is 2.96. The van der Waals surface area contributed by atoms with Gasteiger partial charge in [-0.05, 0) is 12.3 Å². The van der Waals surface area contributed by atoms with Crippen LogP contribution in [0.3, 0.4) is 0 Å². The second kappa shape index (κ2) is 4.66. The molecule has 2 rings (SSSR count). The number of nitrogens with zero attached hydrogens (tertiary/aromatic N) is 3. The molecule has 1 aliphatic heterocycles. The second-order valence-corrected chi connectivity index (χ2v) is 4.83. The van der Waals surface area contributed by atoms with Gasteiger partial charge in [0.2, 0.25) is 0 Å². The van der Waals surface area contributed by atoms with Gasteiger partial charge in [0, 0.05) is 12.6 Å². The predicted octanol–water partition coefficient (Wildman–Crippen LogP) is 2.08. The summed E-state index contributed by atoms with van der Waals surface area (Å²) in [5.41, 5.74) is 0.531. The van der Waals surface area contributed by atoms with E-state index in [-0.39, 0.29) is 16.2 Å². The SMILES string of the molecule is CC1CCN(c2cc(Cl)nnc2Cl)C1C(=O)O. The maximum Gasteiger partial charge on any atom is 0.326 e. The fourth-order valence-electron chi connectivity index (χ4n) is 2.14. The van der Waals surface area contributed by atoms with Gasteiger partial charge in [0.1, 0.15) is 6.04 Å². The number of carbonyl (C=O) groups is 1. The Hall–Kier alpha value is -1.07. The number of carboxylic acids is 1. The van der Waals surface area contributed by atoms with Gasteiger partial charge in [0.05, 0.1) is 5.69 Å². The van der Waals surface area contributed by atoms with Crippen molar-refractivity contribution in [3.8, 4) is 0 Å². The fourth-order valence-corrected chi connectivity index (χ4v) is 2.48. The van der Waals surface area contributed by atoms with Crippen molar-refractivity contribution in [1.82, 2.24) is 10.2 Å². The van der Waals surface area contributed by atoms with Crippen molar-refractivity contribution >= 4 is 34.9 Å². The van der Waals surface area contributed by atoms with Crippen molar-refractivity contribution < 1.29 is 9.90 Å². The molecule has 7 heteroatoms. The number of aliphatic carboxylic acids is 1. The molecule has 0 amide bonds. The molecule has 92 valence electrons. The van der Waals surface area contributed by atoms with E-state index in [4.69, 9.17) is 23.2 Å². The molecule has 0 radical (unpaired) electrons. The Morgan fingerprint density at radius 2 is 2.24 bits per heavy atom. The summed E-state index contributed by atoms with van der Waals surface area (Å²) in [6.45, 7) is 2.53. The average Bonchev–Trinajstić information content (AvgIpc) is 2.64. The molecular formula is C10H11Cl2N3O2. The molecule has 1 fully saturated rings. The van der Waals surface area contributed by atoms with Crippen LogP contribution >= 0.6 is 23.2 Å². The van der Waals surface area contributed by atoms with Crippen molar-refractivity contribution in [2.24, 2.45) is 5.92 Å². The smallest absolute Gasteiger partial charge is 0.326 e. The van der Waals surface area contributed by atoms with E-state index in [0.717, 1.165) is 6.42 Å². The first-order valence-electron chi connectivity index (χ1n) is 5.19. The average molecular weight is 276 g/mol. The molecule has 5 nitrogen and oxygen atoms in total. The lowest BCUT2D eigenvalue weighted by atomic mass is 10.0. The predicted molar refractivity (Wildman–Crippen MR) is 64.6 cm³/mol. The van der Waals surface area contributed by atoms with E-state index in [1.54, 1.807) is 11.0 Å². The molecule has 1 saturated heterocycles. The highest BCUT2D eigenvalue weighted by Gasteiger charge is 2.38. The standard InChI is InChI=1S/C10H11Cl2N3O2/c1-5-2-3-15(8(5)10(16)17)6-4-7(11)13-14-9(6)12/h4-5,8H,2-3H2,1H3,(H,16,17). The number of hydrogen-bond donors (Lipinski definition) is 1. The van der Waals surface area contributed by atoms with Gasteiger partial charge < -0.3 is 10.0 Å². The molecule has 17 heavy (non-hydrogen) atoms. The number of rotatable bonds is 2. The molecule has 2 atom stereocenters. The summed E-state index contributed by atoms with van der Waals surface area (Å²) in [7, 11) is 0. The number of aromatic nitrogens is 2. The fraction of sp³-hybridized carbons (Fsp3) is 0.500. The maximum absolute atomic E-state index is 11.2. The first-order chi connectivity index (χ1) is 8.00. The molecule has 2 unspecified atom stereocenters. The summed E-state index contributed by atoms with van der Waals surface area (Å²) in [5, 5.41) is 16.9. The summed E-state index contributed by atoms with van der Waals surface area (Å²) < 4.78 is 0. The highest BCUT2D eigenvalue weighted by atomic mass is 35.5. The molecule has 0 bridgehead atoms. The lowest BCUT2D eigenvalue weighted by Crippen LogP contribution is -2.39. The Bertz CT molecular complexity index is 455. The lowest BCUT2D eigenvalue weighted by molar-refractivity contribution is -0.139. The van der Waals surface area contributed by atoms with Crippen LogP contribution in [0.4, 0.5) is 5.69 Å². The zero-order chi connectivity index (χ0) is 12.6. The Balaban J connectivity index is 2.39. The first kappa shape index (κ1) is 12.4. The van der Waals surface area contributed by atoms with Crippen LogP contribution in [0.15, 0.2) is 6.07 Å². The molecule has 0 saturated carbocycles. The normalized spacial score (nSPS) is 24.1. The van der Waals surface area contributed by atoms with Crippen molar-refractivity contribution in [1.29, 1.82) is 0 Å². The molecular weight excluding hydrogens is 265 g/mol. The lowest BCUT2D eigenvalue weighted by Gasteiger charge is -2.25. The minimum atomic E-state index is -0.862. The van der Waals surface area contributed by atoms with Gasteiger partial charge in [-0.25, -0.2) is 4.79 Å². The topological polar surface area (TPSA) is 66.3 Å². The molecule has 0 spiro atoms. The number of carboxylic acid groups (broad SMARTS) is 1. The van der Waals surface area contributed by atoms with E-state index >= 15 is 0 Å². The monoisotopic (exact) mass is 275 g/mol. The maximum atomic E-state index is 11.2. The summed E-state index contributed by atoms with van der Waals surface area (Å²) in [6.07, 6.45) is 0.799. The number of halogens is 2. The number of anilines is 1. The highest BCUT2D eigenvalue weighted by molar-refractivity contribution is 6.33. The van der Waals surface area contributed by atoms with Crippen LogP contribution in [-0.2, 0) is 4.79 Å².